The molecule has 0 amide bonds. The van der Waals surface area contributed by atoms with Gasteiger partial charge in [0.25, 0.3) is 5.92 Å². The van der Waals surface area contributed by atoms with Gasteiger partial charge in [-0.05, 0) is 17.5 Å². The van der Waals surface area contributed by atoms with Gasteiger partial charge in [0.05, 0.1) is 12.6 Å². The minimum absolute atomic E-state index is 0.186. The van der Waals surface area contributed by atoms with E-state index < -0.39 is 12.0 Å². The second-order valence-electron chi connectivity index (χ2n) is 6.17. The largest absolute Gasteiger partial charge is 0.304 e. The van der Waals surface area contributed by atoms with Crippen molar-refractivity contribution in [2.75, 3.05) is 13.1 Å². The lowest BCUT2D eigenvalue weighted by Gasteiger charge is -2.38. The van der Waals surface area contributed by atoms with Gasteiger partial charge in [0, 0.05) is 19.6 Å². The van der Waals surface area contributed by atoms with Gasteiger partial charge in [-0.25, -0.2) is 8.78 Å². The summed E-state index contributed by atoms with van der Waals surface area (Å²) in [4.78, 5) is 1.84. The molecule has 1 atom stereocenters. The summed E-state index contributed by atoms with van der Waals surface area (Å²) >= 11 is 0. The highest BCUT2D eigenvalue weighted by atomic mass is 19.3. The van der Waals surface area contributed by atoms with E-state index in [9.17, 15) is 8.78 Å². The first kappa shape index (κ1) is 16.1. The highest BCUT2D eigenvalue weighted by Crippen LogP contribution is 2.28. The lowest BCUT2D eigenvalue weighted by molar-refractivity contribution is -0.0925. The van der Waals surface area contributed by atoms with E-state index >= 15 is 0 Å². The van der Waals surface area contributed by atoms with E-state index in [1.165, 1.54) is 0 Å². The van der Waals surface area contributed by atoms with Gasteiger partial charge < -0.3 is 5.32 Å². The van der Waals surface area contributed by atoms with Crippen molar-refractivity contribution in [3.63, 3.8) is 0 Å². The van der Waals surface area contributed by atoms with Crippen molar-refractivity contribution < 1.29 is 8.78 Å². The van der Waals surface area contributed by atoms with Crippen molar-refractivity contribution in [2.24, 2.45) is 0 Å². The number of alkyl halides is 2. The van der Waals surface area contributed by atoms with Crippen molar-refractivity contribution in [1.29, 1.82) is 0 Å². The molecule has 3 rings (SSSR count). The predicted molar refractivity (Wildman–Crippen MR) is 88.4 cm³/mol. The molecule has 0 saturated carbocycles. The molecule has 4 heteroatoms. The molecule has 0 radical (unpaired) electrons. The van der Waals surface area contributed by atoms with Crippen LogP contribution in [0.1, 0.15) is 17.5 Å². The van der Waals surface area contributed by atoms with Crippen LogP contribution >= 0.6 is 0 Å². The first-order valence-electron chi connectivity index (χ1n) is 8.05. The molecule has 1 N–H and O–H groups in total. The van der Waals surface area contributed by atoms with Gasteiger partial charge in [-0.3, -0.25) is 4.90 Å². The van der Waals surface area contributed by atoms with Crippen molar-refractivity contribution in [3.05, 3.63) is 71.8 Å². The number of rotatable bonds is 5. The van der Waals surface area contributed by atoms with Crippen LogP contribution in [-0.2, 0) is 13.1 Å². The third-order valence-corrected chi connectivity index (χ3v) is 4.32. The minimum Gasteiger partial charge on any atom is -0.304 e. The van der Waals surface area contributed by atoms with Crippen molar-refractivity contribution in [3.8, 4) is 0 Å². The summed E-state index contributed by atoms with van der Waals surface area (Å²) in [6.45, 7) is 1.58. The Morgan fingerprint density at radius 3 is 2.17 bits per heavy atom. The predicted octanol–water partition coefficient (Wildman–Crippen LogP) is 3.69. The fourth-order valence-corrected chi connectivity index (χ4v) is 3.08. The fourth-order valence-electron chi connectivity index (χ4n) is 3.08. The van der Waals surface area contributed by atoms with E-state index in [-0.39, 0.29) is 6.54 Å². The van der Waals surface area contributed by atoms with Gasteiger partial charge >= 0.3 is 0 Å². The van der Waals surface area contributed by atoms with Crippen LogP contribution in [0.4, 0.5) is 8.78 Å². The van der Waals surface area contributed by atoms with E-state index in [1.54, 1.807) is 0 Å². The fraction of sp³-hybridized carbons (Fsp3) is 0.368. The molecule has 1 unspecified atom stereocenters. The molecule has 0 aliphatic carbocycles. The Labute approximate surface area is 136 Å². The normalized spacial score (nSPS) is 21.2. The SMILES string of the molecule is FC1(F)CN(Cc2ccccc2)CCC1NCc1ccccc1. The lowest BCUT2D eigenvalue weighted by atomic mass is 9.99. The number of benzene rings is 2. The molecule has 23 heavy (non-hydrogen) atoms. The van der Waals surface area contributed by atoms with Crippen molar-refractivity contribution in [2.45, 2.75) is 31.5 Å². The lowest BCUT2D eigenvalue weighted by Crippen LogP contribution is -2.56. The van der Waals surface area contributed by atoms with E-state index in [0.717, 1.165) is 11.1 Å². The average molecular weight is 316 g/mol. The number of hydrogen-bond donors (Lipinski definition) is 1. The van der Waals surface area contributed by atoms with Gasteiger partial charge in [-0.2, -0.15) is 0 Å². The average Bonchev–Trinajstić information content (AvgIpc) is 2.55. The number of halogens is 2. The molecule has 2 nitrogen and oxygen atoms in total. The molecular weight excluding hydrogens is 294 g/mol. The van der Waals surface area contributed by atoms with Crippen LogP contribution in [0.15, 0.2) is 60.7 Å². The molecule has 1 aliphatic heterocycles. The maximum atomic E-state index is 14.4. The quantitative estimate of drug-likeness (QED) is 0.905. The number of nitrogens with one attached hydrogen (secondary N) is 1. The van der Waals surface area contributed by atoms with E-state index in [4.69, 9.17) is 0 Å². The molecule has 0 spiro atoms. The number of likely N-dealkylation sites (tertiary alicyclic amines) is 1. The Kier molecular flexibility index (Phi) is 5.03. The van der Waals surface area contributed by atoms with Gasteiger partial charge in [0.15, 0.2) is 0 Å². The first-order valence-corrected chi connectivity index (χ1v) is 8.05. The Morgan fingerprint density at radius 2 is 1.57 bits per heavy atom. The molecule has 122 valence electrons. The Bertz CT molecular complexity index is 601. The molecule has 1 aliphatic rings. The highest BCUT2D eigenvalue weighted by Gasteiger charge is 2.44. The molecule has 2 aromatic carbocycles. The summed E-state index contributed by atoms with van der Waals surface area (Å²) in [5.41, 5.74) is 2.12. The Hall–Kier alpha value is -1.78. The van der Waals surface area contributed by atoms with Crippen LogP contribution in [0, 0.1) is 0 Å². The third kappa shape index (κ3) is 4.36. The van der Waals surface area contributed by atoms with Crippen LogP contribution in [-0.4, -0.2) is 30.0 Å². The van der Waals surface area contributed by atoms with Crippen molar-refractivity contribution in [1.82, 2.24) is 10.2 Å². The van der Waals surface area contributed by atoms with E-state index in [2.05, 4.69) is 5.32 Å². The Balaban J connectivity index is 1.55. The van der Waals surface area contributed by atoms with E-state index in [0.29, 0.717) is 26.1 Å². The van der Waals surface area contributed by atoms with Gasteiger partial charge in [-0.1, -0.05) is 60.7 Å². The van der Waals surface area contributed by atoms with Crippen LogP contribution in [0.5, 0.6) is 0 Å². The number of hydrogen-bond acceptors (Lipinski definition) is 2. The molecular formula is C19H22F2N2. The Morgan fingerprint density at radius 1 is 0.957 bits per heavy atom. The zero-order valence-electron chi connectivity index (χ0n) is 13.1. The molecule has 1 saturated heterocycles. The second kappa shape index (κ2) is 7.20. The summed E-state index contributed by atoms with van der Waals surface area (Å²) in [6, 6.07) is 18.7. The van der Waals surface area contributed by atoms with Crippen LogP contribution in [0.2, 0.25) is 0 Å². The van der Waals surface area contributed by atoms with E-state index in [1.807, 2.05) is 65.6 Å². The molecule has 2 aromatic rings. The standard InChI is InChI=1S/C19H22F2N2/c20-19(21)15-23(14-17-9-5-2-6-10-17)12-11-18(19)22-13-16-7-3-1-4-8-16/h1-10,18,22H,11-15H2. The molecule has 1 heterocycles. The maximum absolute atomic E-state index is 14.4. The number of nitrogens with zero attached hydrogens (tertiary/aromatic N) is 1. The van der Waals surface area contributed by atoms with Crippen LogP contribution in [0.3, 0.4) is 0 Å². The number of piperidine rings is 1. The zero-order valence-corrected chi connectivity index (χ0v) is 13.1. The second-order valence-corrected chi connectivity index (χ2v) is 6.17. The molecule has 0 bridgehead atoms. The third-order valence-electron chi connectivity index (χ3n) is 4.32. The highest BCUT2D eigenvalue weighted by molar-refractivity contribution is 5.16. The van der Waals surface area contributed by atoms with Crippen LogP contribution < -0.4 is 5.32 Å². The zero-order chi connectivity index (χ0) is 16.1. The van der Waals surface area contributed by atoms with Crippen molar-refractivity contribution >= 4 is 0 Å². The van der Waals surface area contributed by atoms with Gasteiger partial charge in [0.1, 0.15) is 0 Å². The maximum Gasteiger partial charge on any atom is 0.275 e. The van der Waals surface area contributed by atoms with Gasteiger partial charge in [0.2, 0.25) is 0 Å². The molecule has 0 aromatic heterocycles. The van der Waals surface area contributed by atoms with Gasteiger partial charge in [-0.15, -0.1) is 0 Å². The minimum atomic E-state index is -2.71. The first-order chi connectivity index (χ1) is 11.1. The summed E-state index contributed by atoms with van der Waals surface area (Å²) < 4.78 is 28.8. The summed E-state index contributed by atoms with van der Waals surface area (Å²) in [5.74, 6) is -2.71. The summed E-state index contributed by atoms with van der Waals surface area (Å²) in [5, 5.41) is 3.04. The summed E-state index contributed by atoms with van der Waals surface area (Å²) in [6.07, 6.45) is 0.465. The summed E-state index contributed by atoms with van der Waals surface area (Å²) in [7, 11) is 0. The topological polar surface area (TPSA) is 15.3 Å². The smallest absolute Gasteiger partial charge is 0.275 e. The molecule has 1 fully saturated rings. The van der Waals surface area contributed by atoms with Crippen LogP contribution in [0.25, 0.3) is 0 Å². The monoisotopic (exact) mass is 316 g/mol.